The Morgan fingerprint density at radius 3 is 2.89 bits per heavy atom. The first-order valence-corrected chi connectivity index (χ1v) is 5.41. The van der Waals surface area contributed by atoms with E-state index in [1.165, 1.54) is 10.9 Å². The fraction of sp³-hybridized carbons (Fsp3) is 0.400. The van der Waals surface area contributed by atoms with E-state index in [4.69, 9.17) is 5.73 Å². The van der Waals surface area contributed by atoms with Gasteiger partial charge in [0.1, 0.15) is 17.4 Å². The molecule has 1 aromatic heterocycles. The van der Waals surface area contributed by atoms with Gasteiger partial charge in [-0.15, -0.1) is 0 Å². The number of amides is 3. The minimum absolute atomic E-state index is 0.208. The lowest BCUT2D eigenvalue weighted by molar-refractivity contribution is -0.134. The predicted molar refractivity (Wildman–Crippen MR) is 61.3 cm³/mol. The number of hydrogen-bond acceptors (Lipinski definition) is 5. The van der Waals surface area contributed by atoms with Crippen molar-refractivity contribution in [2.75, 3.05) is 5.73 Å². The number of imide groups is 1. The summed E-state index contributed by atoms with van der Waals surface area (Å²) in [6.45, 7) is 0. The molecule has 0 bridgehead atoms. The number of nitrogens with one attached hydrogen (secondary N) is 2. The van der Waals surface area contributed by atoms with Crippen LogP contribution in [0.5, 0.6) is 0 Å². The quantitative estimate of drug-likeness (QED) is 0.555. The van der Waals surface area contributed by atoms with Crippen LogP contribution in [0.2, 0.25) is 0 Å². The maximum Gasteiger partial charge on any atom is 0.257 e. The molecule has 2 rings (SSSR count). The summed E-state index contributed by atoms with van der Waals surface area (Å²) in [6, 6.07) is -0.713. The Bertz CT molecular complexity index is 522. The second-order valence-electron chi connectivity index (χ2n) is 4.04. The number of nitrogen functional groups attached to an aromatic ring is 1. The van der Waals surface area contributed by atoms with Crippen LogP contribution >= 0.6 is 0 Å². The molecule has 1 unspecified atom stereocenters. The third-order valence-electron chi connectivity index (χ3n) is 2.77. The minimum atomic E-state index is -0.713. The standard InChI is InChI=1S/C10H13N5O3/c1-15-8(11)5(4-12-15)9(17)13-6-2-3-7(16)14-10(6)18/h4,6H,2-3,11H2,1H3,(H,13,17)(H,14,16,18). The van der Waals surface area contributed by atoms with Gasteiger partial charge in [0.15, 0.2) is 0 Å². The maximum atomic E-state index is 11.9. The normalized spacial score (nSPS) is 19.5. The predicted octanol–water partition coefficient (Wildman–Crippen LogP) is -1.46. The molecule has 0 aromatic carbocycles. The van der Waals surface area contributed by atoms with Crippen LogP contribution in [0.4, 0.5) is 5.82 Å². The molecule has 1 aromatic rings. The zero-order chi connectivity index (χ0) is 13.3. The van der Waals surface area contributed by atoms with Gasteiger partial charge in [-0.3, -0.25) is 24.4 Å². The molecule has 18 heavy (non-hydrogen) atoms. The van der Waals surface area contributed by atoms with Crippen molar-refractivity contribution in [3.8, 4) is 0 Å². The van der Waals surface area contributed by atoms with Gasteiger partial charge in [0.2, 0.25) is 11.8 Å². The molecule has 1 fully saturated rings. The van der Waals surface area contributed by atoms with Gasteiger partial charge in [0.05, 0.1) is 6.20 Å². The van der Waals surface area contributed by atoms with Crippen molar-refractivity contribution in [1.29, 1.82) is 0 Å². The Morgan fingerprint density at radius 2 is 2.33 bits per heavy atom. The number of rotatable bonds is 2. The monoisotopic (exact) mass is 251 g/mol. The smallest absolute Gasteiger partial charge is 0.257 e. The van der Waals surface area contributed by atoms with Crippen LogP contribution in [0.25, 0.3) is 0 Å². The topological polar surface area (TPSA) is 119 Å². The van der Waals surface area contributed by atoms with E-state index in [9.17, 15) is 14.4 Å². The Labute approximate surface area is 103 Å². The summed E-state index contributed by atoms with van der Waals surface area (Å²) < 4.78 is 1.36. The summed E-state index contributed by atoms with van der Waals surface area (Å²) in [7, 11) is 1.61. The van der Waals surface area contributed by atoms with Crippen LogP contribution in [0.3, 0.4) is 0 Å². The SMILES string of the molecule is Cn1ncc(C(=O)NC2CCC(=O)NC2=O)c1N. The first-order valence-electron chi connectivity index (χ1n) is 5.41. The molecule has 0 saturated carbocycles. The van der Waals surface area contributed by atoms with Crippen molar-refractivity contribution in [3.63, 3.8) is 0 Å². The third-order valence-corrected chi connectivity index (χ3v) is 2.77. The Hall–Kier alpha value is -2.38. The fourth-order valence-corrected chi connectivity index (χ4v) is 1.69. The molecule has 4 N–H and O–H groups in total. The second-order valence-corrected chi connectivity index (χ2v) is 4.04. The highest BCUT2D eigenvalue weighted by atomic mass is 16.2. The average molecular weight is 251 g/mol. The van der Waals surface area contributed by atoms with Crippen molar-refractivity contribution in [3.05, 3.63) is 11.8 Å². The lowest BCUT2D eigenvalue weighted by Crippen LogP contribution is -2.52. The van der Waals surface area contributed by atoms with E-state index in [-0.39, 0.29) is 30.1 Å². The molecule has 1 atom stereocenters. The average Bonchev–Trinajstić information content (AvgIpc) is 2.64. The number of aromatic nitrogens is 2. The van der Waals surface area contributed by atoms with E-state index in [0.717, 1.165) is 0 Å². The molecule has 0 spiro atoms. The van der Waals surface area contributed by atoms with Crippen LogP contribution in [0.15, 0.2) is 6.20 Å². The van der Waals surface area contributed by atoms with Crippen molar-refractivity contribution < 1.29 is 14.4 Å². The number of aryl methyl sites for hydroxylation is 1. The van der Waals surface area contributed by atoms with E-state index in [2.05, 4.69) is 15.7 Å². The summed E-state index contributed by atoms with van der Waals surface area (Å²) in [6.07, 6.45) is 1.83. The fourth-order valence-electron chi connectivity index (χ4n) is 1.69. The van der Waals surface area contributed by atoms with Crippen molar-refractivity contribution in [2.45, 2.75) is 18.9 Å². The van der Waals surface area contributed by atoms with Crippen LogP contribution in [-0.2, 0) is 16.6 Å². The van der Waals surface area contributed by atoms with Crippen LogP contribution in [0, 0.1) is 0 Å². The maximum absolute atomic E-state index is 11.9. The number of piperidine rings is 1. The van der Waals surface area contributed by atoms with Gasteiger partial charge in [-0.1, -0.05) is 0 Å². The van der Waals surface area contributed by atoms with Gasteiger partial charge in [0.25, 0.3) is 5.91 Å². The van der Waals surface area contributed by atoms with E-state index >= 15 is 0 Å². The summed E-state index contributed by atoms with van der Waals surface area (Å²) in [5.41, 5.74) is 5.86. The van der Waals surface area contributed by atoms with E-state index < -0.39 is 17.9 Å². The highest BCUT2D eigenvalue weighted by Crippen LogP contribution is 2.11. The molecule has 0 aliphatic carbocycles. The Kier molecular flexibility index (Phi) is 3.00. The van der Waals surface area contributed by atoms with Crippen molar-refractivity contribution in [2.24, 2.45) is 7.05 Å². The number of nitrogens with zero attached hydrogens (tertiary/aromatic N) is 2. The Morgan fingerprint density at radius 1 is 1.61 bits per heavy atom. The van der Waals surface area contributed by atoms with Crippen LogP contribution in [0.1, 0.15) is 23.2 Å². The molecule has 8 nitrogen and oxygen atoms in total. The summed E-state index contributed by atoms with van der Waals surface area (Å²) in [5, 5.41) is 8.52. The van der Waals surface area contributed by atoms with E-state index in [1.54, 1.807) is 7.05 Å². The van der Waals surface area contributed by atoms with Crippen LogP contribution in [-0.4, -0.2) is 33.5 Å². The molecule has 8 heteroatoms. The highest BCUT2D eigenvalue weighted by molar-refractivity contribution is 6.04. The summed E-state index contributed by atoms with van der Waals surface area (Å²) >= 11 is 0. The molecular formula is C10H13N5O3. The molecule has 96 valence electrons. The summed E-state index contributed by atoms with van der Waals surface area (Å²) in [5.74, 6) is -1.08. The molecular weight excluding hydrogens is 238 g/mol. The first kappa shape index (κ1) is 12.1. The number of anilines is 1. The molecule has 2 heterocycles. The Balaban J connectivity index is 2.06. The van der Waals surface area contributed by atoms with Gasteiger partial charge in [0, 0.05) is 13.5 Å². The number of carbonyl (C=O) groups is 3. The molecule has 3 amide bonds. The molecule has 1 aliphatic rings. The summed E-state index contributed by atoms with van der Waals surface area (Å²) in [4.78, 5) is 34.3. The largest absolute Gasteiger partial charge is 0.383 e. The van der Waals surface area contributed by atoms with Gasteiger partial charge >= 0.3 is 0 Å². The van der Waals surface area contributed by atoms with Crippen LogP contribution < -0.4 is 16.4 Å². The zero-order valence-electron chi connectivity index (χ0n) is 9.77. The molecule has 0 radical (unpaired) electrons. The van der Waals surface area contributed by atoms with Gasteiger partial charge in [-0.2, -0.15) is 5.10 Å². The van der Waals surface area contributed by atoms with E-state index in [1.807, 2.05) is 0 Å². The number of nitrogens with two attached hydrogens (primary N) is 1. The van der Waals surface area contributed by atoms with Gasteiger partial charge in [-0.25, -0.2) is 0 Å². The third kappa shape index (κ3) is 2.17. The second kappa shape index (κ2) is 4.47. The van der Waals surface area contributed by atoms with Crippen molar-refractivity contribution in [1.82, 2.24) is 20.4 Å². The molecule has 1 saturated heterocycles. The minimum Gasteiger partial charge on any atom is -0.383 e. The van der Waals surface area contributed by atoms with Crippen molar-refractivity contribution >= 4 is 23.5 Å². The zero-order valence-corrected chi connectivity index (χ0v) is 9.77. The lowest BCUT2D eigenvalue weighted by Gasteiger charge is -2.21. The number of carbonyl (C=O) groups excluding carboxylic acids is 3. The lowest BCUT2D eigenvalue weighted by atomic mass is 10.1. The molecule has 1 aliphatic heterocycles. The first-order chi connectivity index (χ1) is 8.49. The number of hydrogen-bond donors (Lipinski definition) is 3. The van der Waals surface area contributed by atoms with Gasteiger partial charge in [-0.05, 0) is 6.42 Å². The van der Waals surface area contributed by atoms with Gasteiger partial charge < -0.3 is 11.1 Å². The highest BCUT2D eigenvalue weighted by Gasteiger charge is 2.28. The van der Waals surface area contributed by atoms with E-state index in [0.29, 0.717) is 0 Å².